The van der Waals surface area contributed by atoms with Crippen molar-refractivity contribution in [2.45, 2.75) is 19.8 Å². The number of hydrogen-bond acceptors (Lipinski definition) is 4. The fraction of sp³-hybridized carbons (Fsp3) is 0.333. The van der Waals surface area contributed by atoms with Crippen LogP contribution in [-0.2, 0) is 6.42 Å². The van der Waals surface area contributed by atoms with Crippen LogP contribution in [0, 0.1) is 17.2 Å². The quantitative estimate of drug-likeness (QED) is 0.821. The Morgan fingerprint density at radius 3 is 3.00 bits per heavy atom. The number of hydrogen-bond donors (Lipinski definition) is 0. The Hall–Kier alpha value is -1.18. The van der Waals surface area contributed by atoms with E-state index < -0.39 is 0 Å². The van der Waals surface area contributed by atoms with E-state index in [1.807, 2.05) is 13.0 Å². The molecule has 2 aromatic heterocycles. The average molecular weight is 248 g/mol. The summed E-state index contributed by atoms with van der Waals surface area (Å²) in [6, 6.07) is 6.42. The summed E-state index contributed by atoms with van der Waals surface area (Å²) in [4.78, 5) is 5.77. The minimum atomic E-state index is 0.0994. The fourth-order valence-corrected chi connectivity index (χ4v) is 3.07. The molecule has 16 heavy (non-hydrogen) atoms. The van der Waals surface area contributed by atoms with E-state index in [9.17, 15) is 0 Å². The first kappa shape index (κ1) is 11.3. The number of nitriles is 1. The second-order valence-corrected chi connectivity index (χ2v) is 5.43. The third kappa shape index (κ3) is 2.49. The number of aromatic nitrogens is 1. The van der Waals surface area contributed by atoms with Gasteiger partial charge in [0, 0.05) is 11.8 Å². The van der Waals surface area contributed by atoms with Gasteiger partial charge in [0.05, 0.1) is 27.6 Å². The highest BCUT2D eigenvalue weighted by Crippen LogP contribution is 2.27. The molecule has 0 amide bonds. The summed E-state index contributed by atoms with van der Waals surface area (Å²) in [5, 5.41) is 14.1. The van der Waals surface area contributed by atoms with Gasteiger partial charge in [-0.2, -0.15) is 5.26 Å². The van der Waals surface area contributed by atoms with Crippen molar-refractivity contribution in [1.82, 2.24) is 4.98 Å². The predicted molar refractivity (Wildman–Crippen MR) is 68.5 cm³/mol. The first-order valence-corrected chi connectivity index (χ1v) is 6.97. The van der Waals surface area contributed by atoms with Gasteiger partial charge in [0.15, 0.2) is 0 Å². The molecule has 2 heterocycles. The third-order valence-electron chi connectivity index (χ3n) is 2.42. The lowest BCUT2D eigenvalue weighted by Gasteiger charge is -2.00. The van der Waals surface area contributed by atoms with Crippen molar-refractivity contribution in [2.24, 2.45) is 5.92 Å². The zero-order valence-corrected chi connectivity index (χ0v) is 10.6. The molecule has 1 atom stereocenters. The van der Waals surface area contributed by atoms with Crippen LogP contribution in [0.4, 0.5) is 0 Å². The molecule has 0 aliphatic heterocycles. The molecule has 0 fully saturated rings. The summed E-state index contributed by atoms with van der Waals surface area (Å²) < 4.78 is 0. The monoisotopic (exact) mass is 248 g/mol. The molecular weight excluding hydrogens is 236 g/mol. The summed E-state index contributed by atoms with van der Waals surface area (Å²) >= 11 is 3.35. The van der Waals surface area contributed by atoms with Crippen LogP contribution in [0.2, 0.25) is 0 Å². The van der Waals surface area contributed by atoms with Crippen molar-refractivity contribution in [3.63, 3.8) is 0 Å². The Morgan fingerprint density at radius 2 is 2.38 bits per heavy atom. The summed E-state index contributed by atoms with van der Waals surface area (Å²) in [7, 11) is 0. The highest BCUT2D eigenvalue weighted by atomic mass is 32.1. The zero-order valence-electron chi connectivity index (χ0n) is 9.01. The molecular formula is C12H12N2S2. The molecule has 0 saturated heterocycles. The summed E-state index contributed by atoms with van der Waals surface area (Å²) in [6.07, 6.45) is 1.67. The summed E-state index contributed by atoms with van der Waals surface area (Å²) in [6.45, 7) is 2.04. The molecule has 0 aliphatic carbocycles. The number of rotatable bonds is 4. The van der Waals surface area contributed by atoms with Gasteiger partial charge in [0.2, 0.25) is 0 Å². The normalized spacial score (nSPS) is 12.2. The Bertz CT molecular complexity index is 479. The number of thiazole rings is 1. The lowest BCUT2D eigenvalue weighted by molar-refractivity contribution is 0.636. The predicted octanol–water partition coefficient (Wildman–Crippen LogP) is 3.96. The van der Waals surface area contributed by atoms with E-state index in [1.165, 1.54) is 4.88 Å². The van der Waals surface area contributed by atoms with Crippen LogP contribution in [0.1, 0.15) is 18.4 Å². The van der Waals surface area contributed by atoms with E-state index in [4.69, 9.17) is 5.26 Å². The fourth-order valence-electron chi connectivity index (χ4n) is 1.43. The van der Waals surface area contributed by atoms with Gasteiger partial charge >= 0.3 is 0 Å². The van der Waals surface area contributed by atoms with Crippen molar-refractivity contribution >= 4 is 22.7 Å². The van der Waals surface area contributed by atoms with Crippen LogP contribution < -0.4 is 0 Å². The molecule has 0 spiro atoms. The van der Waals surface area contributed by atoms with Gasteiger partial charge in [0.25, 0.3) is 0 Å². The van der Waals surface area contributed by atoms with Crippen LogP contribution >= 0.6 is 22.7 Å². The molecule has 0 aromatic carbocycles. The molecule has 2 nitrogen and oxygen atoms in total. The largest absolute Gasteiger partial charge is 0.240 e. The second kappa shape index (κ2) is 5.24. The van der Waals surface area contributed by atoms with Gasteiger partial charge in [-0.1, -0.05) is 13.0 Å². The molecule has 0 N–H and O–H groups in total. The van der Waals surface area contributed by atoms with Crippen LogP contribution in [-0.4, -0.2) is 4.98 Å². The van der Waals surface area contributed by atoms with Crippen LogP contribution in [0.3, 0.4) is 0 Å². The topological polar surface area (TPSA) is 36.7 Å². The van der Waals surface area contributed by atoms with Crippen molar-refractivity contribution in [3.05, 3.63) is 27.9 Å². The standard InChI is InChI=1S/C12H12N2S2/c1-2-9(7-13)6-12-14-10(8-16-12)11-4-3-5-15-11/h3-5,8-9H,2,6H2,1H3. The van der Waals surface area contributed by atoms with Gasteiger partial charge in [-0.05, 0) is 17.9 Å². The van der Waals surface area contributed by atoms with Crippen molar-refractivity contribution in [2.75, 3.05) is 0 Å². The minimum absolute atomic E-state index is 0.0994. The van der Waals surface area contributed by atoms with Crippen LogP contribution in [0.5, 0.6) is 0 Å². The Balaban J connectivity index is 2.12. The van der Waals surface area contributed by atoms with E-state index in [2.05, 4.69) is 27.9 Å². The summed E-state index contributed by atoms with van der Waals surface area (Å²) in [5.74, 6) is 0.0994. The summed E-state index contributed by atoms with van der Waals surface area (Å²) in [5.41, 5.74) is 1.04. The third-order valence-corrected chi connectivity index (χ3v) is 4.19. The average Bonchev–Trinajstić information content (AvgIpc) is 2.96. The molecule has 0 aliphatic rings. The van der Waals surface area contributed by atoms with Gasteiger partial charge < -0.3 is 0 Å². The maximum absolute atomic E-state index is 8.91. The van der Waals surface area contributed by atoms with Gasteiger partial charge in [0.1, 0.15) is 0 Å². The molecule has 2 aromatic rings. The van der Waals surface area contributed by atoms with Gasteiger partial charge in [-0.25, -0.2) is 4.98 Å². The highest BCUT2D eigenvalue weighted by Gasteiger charge is 2.10. The first-order chi connectivity index (χ1) is 7.83. The van der Waals surface area contributed by atoms with Crippen LogP contribution in [0.25, 0.3) is 10.6 Å². The van der Waals surface area contributed by atoms with Crippen molar-refractivity contribution in [3.8, 4) is 16.6 Å². The Kier molecular flexibility index (Phi) is 3.70. The number of nitrogens with zero attached hydrogens (tertiary/aromatic N) is 2. The van der Waals surface area contributed by atoms with E-state index in [0.717, 1.165) is 23.5 Å². The molecule has 0 saturated carbocycles. The molecule has 1 unspecified atom stereocenters. The lowest BCUT2D eigenvalue weighted by atomic mass is 10.1. The lowest BCUT2D eigenvalue weighted by Crippen LogP contribution is -1.99. The molecule has 82 valence electrons. The first-order valence-electron chi connectivity index (χ1n) is 5.21. The minimum Gasteiger partial charge on any atom is -0.240 e. The zero-order chi connectivity index (χ0) is 11.4. The van der Waals surface area contributed by atoms with E-state index in [0.29, 0.717) is 0 Å². The molecule has 4 heteroatoms. The van der Waals surface area contributed by atoms with Crippen LogP contribution in [0.15, 0.2) is 22.9 Å². The smallest absolute Gasteiger partial charge is 0.0946 e. The van der Waals surface area contributed by atoms with Gasteiger partial charge in [-0.3, -0.25) is 0 Å². The Morgan fingerprint density at radius 1 is 1.50 bits per heavy atom. The van der Waals surface area contributed by atoms with Crippen molar-refractivity contribution < 1.29 is 0 Å². The molecule has 0 radical (unpaired) electrons. The van der Waals surface area contributed by atoms with Gasteiger partial charge in [-0.15, -0.1) is 22.7 Å². The van der Waals surface area contributed by atoms with E-state index in [1.54, 1.807) is 22.7 Å². The molecule has 0 bridgehead atoms. The Labute approximate surface area is 103 Å². The maximum atomic E-state index is 8.91. The van der Waals surface area contributed by atoms with E-state index >= 15 is 0 Å². The SMILES string of the molecule is CCC(C#N)Cc1nc(-c2cccs2)cs1. The number of thiophene rings is 1. The van der Waals surface area contributed by atoms with E-state index in [-0.39, 0.29) is 5.92 Å². The highest BCUT2D eigenvalue weighted by molar-refractivity contribution is 7.14. The maximum Gasteiger partial charge on any atom is 0.0946 e. The van der Waals surface area contributed by atoms with Crippen molar-refractivity contribution in [1.29, 1.82) is 5.26 Å². The molecule has 2 rings (SSSR count). The second-order valence-electron chi connectivity index (χ2n) is 3.54.